The van der Waals surface area contributed by atoms with Gasteiger partial charge < -0.3 is 11.1 Å². The highest BCUT2D eigenvalue weighted by molar-refractivity contribution is 7.12. The number of nitrogens with two attached hydrogens (primary N) is 1. The molecule has 0 spiro atoms. The van der Waals surface area contributed by atoms with Gasteiger partial charge in [-0.25, -0.2) is 4.52 Å². The molecular formula is C16H15N7OS. The van der Waals surface area contributed by atoms with Crippen LogP contribution in [0.25, 0.3) is 16.8 Å². The van der Waals surface area contributed by atoms with E-state index >= 15 is 0 Å². The molecule has 0 fully saturated rings. The van der Waals surface area contributed by atoms with Gasteiger partial charge in [-0.1, -0.05) is 0 Å². The average Bonchev–Trinajstić information content (AvgIpc) is 3.30. The van der Waals surface area contributed by atoms with Crippen molar-refractivity contribution < 1.29 is 4.79 Å². The molecule has 4 rings (SSSR count). The number of hydrogen-bond acceptors (Lipinski definition) is 6. The number of nitrogens with one attached hydrogen (secondary N) is 1. The zero-order valence-electron chi connectivity index (χ0n) is 13.4. The molecule has 3 N–H and O–H groups in total. The Morgan fingerprint density at radius 1 is 1.28 bits per heavy atom. The van der Waals surface area contributed by atoms with Crippen LogP contribution in [-0.4, -0.2) is 30.3 Å². The highest BCUT2D eigenvalue weighted by Crippen LogP contribution is 2.26. The van der Waals surface area contributed by atoms with E-state index in [-0.39, 0.29) is 11.9 Å². The Hall–Kier alpha value is -3.20. The molecule has 0 aliphatic heterocycles. The third kappa shape index (κ3) is 3.09. The van der Waals surface area contributed by atoms with Crippen molar-refractivity contribution in [3.05, 3.63) is 52.6 Å². The monoisotopic (exact) mass is 353 g/mol. The van der Waals surface area contributed by atoms with Gasteiger partial charge in [0.25, 0.3) is 5.91 Å². The van der Waals surface area contributed by atoms with Crippen LogP contribution < -0.4 is 11.1 Å². The number of nitrogen functional groups attached to an aromatic ring is 1. The predicted octanol–water partition coefficient (Wildman–Crippen LogP) is 1.70. The van der Waals surface area contributed by atoms with Crippen molar-refractivity contribution in [1.29, 1.82) is 0 Å². The summed E-state index contributed by atoms with van der Waals surface area (Å²) in [5.41, 5.74) is 9.00. The van der Waals surface area contributed by atoms with Crippen LogP contribution in [0.15, 0.2) is 42.0 Å². The van der Waals surface area contributed by atoms with E-state index in [0.717, 1.165) is 16.8 Å². The van der Waals surface area contributed by atoms with Crippen molar-refractivity contribution >= 4 is 28.8 Å². The van der Waals surface area contributed by atoms with E-state index in [4.69, 9.17) is 5.73 Å². The Kier molecular flexibility index (Phi) is 3.69. The number of fused-ring (bicyclic) bond motifs is 1. The van der Waals surface area contributed by atoms with Crippen molar-refractivity contribution in [3.8, 4) is 11.1 Å². The summed E-state index contributed by atoms with van der Waals surface area (Å²) in [5, 5.41) is 13.2. The molecule has 126 valence electrons. The van der Waals surface area contributed by atoms with E-state index in [0.29, 0.717) is 17.1 Å². The lowest BCUT2D eigenvalue weighted by Crippen LogP contribution is -2.22. The number of carbonyl (C=O) groups excluding carboxylic acids is 1. The molecule has 0 saturated carbocycles. The Morgan fingerprint density at radius 2 is 2.16 bits per heavy atom. The highest BCUT2D eigenvalue weighted by Gasteiger charge is 2.11. The van der Waals surface area contributed by atoms with Crippen LogP contribution in [0.2, 0.25) is 0 Å². The molecule has 0 aromatic carbocycles. The largest absolute Gasteiger partial charge is 0.366 e. The average molecular weight is 353 g/mol. The van der Waals surface area contributed by atoms with E-state index < -0.39 is 0 Å². The summed E-state index contributed by atoms with van der Waals surface area (Å²) in [4.78, 5) is 17.0. The van der Waals surface area contributed by atoms with Crippen LogP contribution in [-0.2, 0) is 13.6 Å². The van der Waals surface area contributed by atoms with Gasteiger partial charge in [0.15, 0.2) is 5.65 Å². The number of aromatic nitrogens is 5. The second kappa shape index (κ2) is 6.02. The zero-order valence-corrected chi connectivity index (χ0v) is 14.2. The lowest BCUT2D eigenvalue weighted by molar-refractivity contribution is 0.0954. The van der Waals surface area contributed by atoms with Gasteiger partial charge in [-0.2, -0.15) is 10.1 Å². The minimum absolute atomic E-state index is 0.118. The van der Waals surface area contributed by atoms with Crippen LogP contribution in [0.3, 0.4) is 0 Å². The molecular weight excluding hydrogens is 338 g/mol. The zero-order chi connectivity index (χ0) is 17.4. The normalized spacial score (nSPS) is 11.1. The maximum absolute atomic E-state index is 12.3. The van der Waals surface area contributed by atoms with Crippen molar-refractivity contribution in [2.24, 2.45) is 7.05 Å². The van der Waals surface area contributed by atoms with E-state index in [9.17, 15) is 4.79 Å². The van der Waals surface area contributed by atoms with Gasteiger partial charge in [-0.05, 0) is 35.2 Å². The van der Waals surface area contributed by atoms with Crippen LogP contribution >= 0.6 is 11.3 Å². The number of hydrogen-bond donors (Lipinski definition) is 2. The number of amides is 1. The van der Waals surface area contributed by atoms with Crippen molar-refractivity contribution in [1.82, 2.24) is 29.7 Å². The summed E-state index contributed by atoms with van der Waals surface area (Å²) in [5.74, 6) is 0.116. The Balaban J connectivity index is 1.51. The molecule has 0 atom stereocenters. The summed E-state index contributed by atoms with van der Waals surface area (Å²) in [7, 11) is 1.84. The number of anilines is 1. The predicted molar refractivity (Wildman–Crippen MR) is 95.1 cm³/mol. The molecule has 1 amide bonds. The Labute approximate surface area is 146 Å². The molecule has 0 radical (unpaired) electrons. The first-order valence-electron chi connectivity index (χ1n) is 7.56. The molecule has 0 unspecified atom stereocenters. The van der Waals surface area contributed by atoms with Crippen molar-refractivity contribution in [2.45, 2.75) is 6.54 Å². The molecule has 0 aliphatic rings. The van der Waals surface area contributed by atoms with Gasteiger partial charge in [-0.3, -0.25) is 9.48 Å². The van der Waals surface area contributed by atoms with E-state index in [1.165, 1.54) is 11.3 Å². The Bertz CT molecular complexity index is 1060. The standard InChI is InChI=1S/C16H15N7OS/c1-22-5-4-12(20-22)7-18-15(24)13-6-11(9-25-13)10-2-3-14-19-16(17)21-23(14)8-10/h2-6,8-9H,7H2,1H3,(H2,17,21)(H,18,24). The maximum atomic E-state index is 12.3. The Morgan fingerprint density at radius 3 is 2.96 bits per heavy atom. The van der Waals surface area contributed by atoms with Gasteiger partial charge in [0.1, 0.15) is 0 Å². The maximum Gasteiger partial charge on any atom is 0.261 e. The van der Waals surface area contributed by atoms with Gasteiger partial charge in [0, 0.05) is 25.0 Å². The number of aryl methyl sites for hydroxylation is 1. The molecule has 0 saturated heterocycles. The van der Waals surface area contributed by atoms with Gasteiger partial charge >= 0.3 is 0 Å². The quantitative estimate of drug-likeness (QED) is 0.581. The lowest BCUT2D eigenvalue weighted by atomic mass is 10.1. The minimum atomic E-state index is -0.118. The molecule has 9 heteroatoms. The first kappa shape index (κ1) is 15.3. The van der Waals surface area contributed by atoms with Gasteiger partial charge in [0.05, 0.1) is 17.1 Å². The smallest absolute Gasteiger partial charge is 0.261 e. The summed E-state index contributed by atoms with van der Waals surface area (Å²) >= 11 is 1.40. The third-order valence-electron chi connectivity index (χ3n) is 3.70. The molecule has 4 heterocycles. The fourth-order valence-electron chi connectivity index (χ4n) is 2.49. The second-order valence-electron chi connectivity index (χ2n) is 5.55. The van der Waals surface area contributed by atoms with E-state index in [2.05, 4.69) is 20.5 Å². The second-order valence-corrected chi connectivity index (χ2v) is 6.46. The SMILES string of the molecule is Cn1ccc(CNC(=O)c2cc(-c3ccc4nc(N)nn4c3)cs2)n1. The van der Waals surface area contributed by atoms with Crippen molar-refractivity contribution in [3.63, 3.8) is 0 Å². The van der Waals surface area contributed by atoms with Crippen LogP contribution in [0, 0.1) is 0 Å². The highest BCUT2D eigenvalue weighted by atomic mass is 32.1. The fourth-order valence-corrected chi connectivity index (χ4v) is 3.33. The minimum Gasteiger partial charge on any atom is -0.366 e. The van der Waals surface area contributed by atoms with Crippen molar-refractivity contribution in [2.75, 3.05) is 5.73 Å². The number of thiophene rings is 1. The summed E-state index contributed by atoms with van der Waals surface area (Å²) in [6.07, 6.45) is 3.69. The van der Waals surface area contributed by atoms with E-state index in [1.54, 1.807) is 9.20 Å². The van der Waals surface area contributed by atoms with E-state index in [1.807, 2.05) is 49.1 Å². The van der Waals surface area contributed by atoms with Crippen LogP contribution in [0.4, 0.5) is 5.95 Å². The molecule has 4 aromatic heterocycles. The van der Waals surface area contributed by atoms with Gasteiger partial charge in [0.2, 0.25) is 5.95 Å². The number of rotatable bonds is 4. The van der Waals surface area contributed by atoms with Crippen LogP contribution in [0.1, 0.15) is 15.4 Å². The molecule has 8 nitrogen and oxygen atoms in total. The molecule has 4 aromatic rings. The first-order valence-corrected chi connectivity index (χ1v) is 8.44. The summed E-state index contributed by atoms with van der Waals surface area (Å²) < 4.78 is 3.33. The third-order valence-corrected chi connectivity index (χ3v) is 4.63. The number of pyridine rings is 1. The number of carbonyl (C=O) groups is 1. The fraction of sp³-hybridized carbons (Fsp3) is 0.125. The molecule has 0 aliphatic carbocycles. The topological polar surface area (TPSA) is 103 Å². The summed E-state index contributed by atoms with van der Waals surface area (Å²) in [6.45, 7) is 0.400. The van der Waals surface area contributed by atoms with Gasteiger partial charge in [-0.15, -0.1) is 16.4 Å². The first-order chi connectivity index (χ1) is 12.1. The summed E-state index contributed by atoms with van der Waals surface area (Å²) in [6, 6.07) is 7.51. The van der Waals surface area contributed by atoms with Crippen LogP contribution in [0.5, 0.6) is 0 Å². The number of nitrogens with zero attached hydrogens (tertiary/aromatic N) is 5. The molecule has 0 bridgehead atoms. The molecule has 25 heavy (non-hydrogen) atoms. The lowest BCUT2D eigenvalue weighted by Gasteiger charge is -2.01.